The molecule has 1 unspecified atom stereocenters. The zero-order valence-corrected chi connectivity index (χ0v) is 10.4. The fourth-order valence-corrected chi connectivity index (χ4v) is 2.00. The zero-order valence-electron chi connectivity index (χ0n) is 9.58. The van der Waals surface area contributed by atoms with E-state index in [1.54, 1.807) is 12.3 Å². The van der Waals surface area contributed by atoms with E-state index in [9.17, 15) is 22.7 Å². The topological polar surface area (TPSA) is 42.4 Å². The molecule has 1 N–H and O–H groups in total. The number of nitrogens with zero attached hydrogens (tertiary/aromatic N) is 1. The van der Waals surface area contributed by atoms with Crippen molar-refractivity contribution in [2.24, 2.45) is 0 Å². The third-order valence-electron chi connectivity index (χ3n) is 2.00. The van der Waals surface area contributed by atoms with Gasteiger partial charge in [-0.05, 0) is 6.92 Å². The van der Waals surface area contributed by atoms with Crippen molar-refractivity contribution in [1.29, 1.82) is 0 Å². The predicted octanol–water partition coefficient (Wildman–Crippen LogP) is 2.27. The Balaban J connectivity index is 2.27. The van der Waals surface area contributed by atoms with Gasteiger partial charge in [-0.3, -0.25) is 0 Å². The Bertz CT molecular complexity index is 373. The summed E-state index contributed by atoms with van der Waals surface area (Å²) in [6.07, 6.45) is -4.65. The molecule has 0 aliphatic rings. The Morgan fingerprint density at radius 1 is 1.50 bits per heavy atom. The van der Waals surface area contributed by atoms with Crippen LogP contribution in [0.3, 0.4) is 0 Å². The van der Waals surface area contributed by atoms with Gasteiger partial charge in [-0.1, -0.05) is 0 Å². The first kappa shape index (κ1) is 15.3. The fourth-order valence-electron chi connectivity index (χ4n) is 1.15. The number of hydrogen-bond donors (Lipinski definition) is 1. The summed E-state index contributed by atoms with van der Waals surface area (Å²) >= 11 is 1.33. The molecule has 8 heteroatoms. The summed E-state index contributed by atoms with van der Waals surface area (Å²) in [5.41, 5.74) is 0.798. The molecule has 1 atom stereocenters. The third-order valence-corrected chi connectivity index (χ3v) is 2.99. The Hall–Kier alpha value is -0.730. The number of alkyl halides is 4. The van der Waals surface area contributed by atoms with Crippen molar-refractivity contribution in [3.8, 4) is 0 Å². The number of aliphatic hydroxyl groups excluding tert-OH is 1. The molecule has 1 aromatic heterocycles. The van der Waals surface area contributed by atoms with Crippen molar-refractivity contribution in [3.63, 3.8) is 0 Å². The Kier molecular flexibility index (Phi) is 5.48. The largest absolute Gasteiger partial charge is 0.390 e. The van der Waals surface area contributed by atoms with Gasteiger partial charge in [0.2, 0.25) is 0 Å². The lowest BCUT2D eigenvalue weighted by Gasteiger charge is -2.16. The molecule has 0 amide bonds. The van der Waals surface area contributed by atoms with E-state index in [0.717, 1.165) is 5.69 Å². The van der Waals surface area contributed by atoms with Gasteiger partial charge >= 0.3 is 12.3 Å². The van der Waals surface area contributed by atoms with Crippen LogP contribution < -0.4 is 0 Å². The van der Waals surface area contributed by atoms with Crippen molar-refractivity contribution in [3.05, 3.63) is 16.1 Å². The summed E-state index contributed by atoms with van der Waals surface area (Å²) < 4.78 is 52.9. The third kappa shape index (κ3) is 4.87. The number of aryl methyl sites for hydroxylation is 1. The predicted molar refractivity (Wildman–Crippen MR) is 58.3 cm³/mol. The van der Waals surface area contributed by atoms with Gasteiger partial charge in [-0.15, -0.1) is 11.3 Å². The molecule has 18 heavy (non-hydrogen) atoms. The maximum absolute atomic E-state index is 12.5. The first-order chi connectivity index (χ1) is 8.31. The maximum atomic E-state index is 12.5. The molecule has 0 fully saturated rings. The van der Waals surface area contributed by atoms with Crippen LogP contribution in [0, 0.1) is 6.92 Å². The number of rotatable bonds is 7. The van der Waals surface area contributed by atoms with Crippen molar-refractivity contribution >= 4 is 11.3 Å². The van der Waals surface area contributed by atoms with E-state index < -0.39 is 31.7 Å². The van der Waals surface area contributed by atoms with E-state index in [4.69, 9.17) is 0 Å². The smallest absolute Gasteiger partial charge is 0.330 e. The second kappa shape index (κ2) is 6.44. The van der Waals surface area contributed by atoms with Gasteiger partial charge in [0.15, 0.2) is 0 Å². The molecule has 104 valence electrons. The van der Waals surface area contributed by atoms with Gasteiger partial charge in [0, 0.05) is 17.5 Å². The molecular formula is C10H13F4NO2S. The molecule has 1 aromatic rings. The Morgan fingerprint density at radius 3 is 2.67 bits per heavy atom. The molecule has 1 rings (SSSR count). The van der Waals surface area contributed by atoms with Crippen LogP contribution in [0.5, 0.6) is 0 Å². The highest BCUT2D eigenvalue weighted by molar-refractivity contribution is 7.09. The lowest BCUT2D eigenvalue weighted by Crippen LogP contribution is -2.34. The number of aromatic nitrogens is 1. The zero-order chi connectivity index (χ0) is 13.8. The summed E-state index contributed by atoms with van der Waals surface area (Å²) in [6.45, 7) is -0.0500. The molecule has 0 aromatic carbocycles. The average molecular weight is 287 g/mol. The molecule has 3 nitrogen and oxygen atoms in total. The summed E-state index contributed by atoms with van der Waals surface area (Å²) in [5.74, 6) is -4.18. The molecule has 0 spiro atoms. The van der Waals surface area contributed by atoms with Crippen molar-refractivity contribution in [2.75, 3.05) is 13.2 Å². The summed E-state index contributed by atoms with van der Waals surface area (Å²) in [5, 5.41) is 11.9. The van der Waals surface area contributed by atoms with Crippen molar-refractivity contribution in [1.82, 2.24) is 4.98 Å². The van der Waals surface area contributed by atoms with Gasteiger partial charge < -0.3 is 9.84 Å². The minimum absolute atomic E-state index is 0.152. The maximum Gasteiger partial charge on any atom is 0.330 e. The molecular weight excluding hydrogens is 274 g/mol. The van der Waals surface area contributed by atoms with Crippen LogP contribution in [0.4, 0.5) is 17.6 Å². The fraction of sp³-hybridized carbons (Fsp3) is 0.700. The number of hydrogen-bond acceptors (Lipinski definition) is 4. The van der Waals surface area contributed by atoms with Gasteiger partial charge in [-0.2, -0.15) is 8.78 Å². The quantitative estimate of drug-likeness (QED) is 0.782. The second-order valence-electron chi connectivity index (χ2n) is 3.82. The van der Waals surface area contributed by atoms with Crippen LogP contribution in [0.1, 0.15) is 10.7 Å². The van der Waals surface area contributed by atoms with E-state index >= 15 is 0 Å². The van der Waals surface area contributed by atoms with Crippen LogP contribution in [0.15, 0.2) is 5.38 Å². The van der Waals surface area contributed by atoms with Crippen LogP contribution in [-0.4, -0.2) is 41.8 Å². The lowest BCUT2D eigenvalue weighted by molar-refractivity contribution is -0.170. The molecule has 0 saturated carbocycles. The standard InChI is InChI=1S/C10H13F4NO2S/c1-6-4-18-8(15-6)2-7(16)3-17-5-10(13,14)9(11)12/h4,7,9,16H,2-3,5H2,1H3. The van der Waals surface area contributed by atoms with Gasteiger partial charge in [0.1, 0.15) is 6.61 Å². The molecule has 0 radical (unpaired) electrons. The number of ether oxygens (including phenoxy) is 1. The normalized spacial score (nSPS) is 14.2. The van der Waals surface area contributed by atoms with E-state index in [0.29, 0.717) is 5.01 Å². The van der Waals surface area contributed by atoms with Gasteiger partial charge in [0.05, 0.1) is 17.7 Å². The average Bonchev–Trinajstić information content (AvgIpc) is 2.63. The molecule has 1 heterocycles. The van der Waals surface area contributed by atoms with Crippen molar-refractivity contribution in [2.45, 2.75) is 31.8 Å². The van der Waals surface area contributed by atoms with Gasteiger partial charge in [0.25, 0.3) is 0 Å². The van der Waals surface area contributed by atoms with Crippen LogP contribution in [-0.2, 0) is 11.2 Å². The number of halogens is 4. The molecule has 0 saturated heterocycles. The molecule has 0 aliphatic carbocycles. The molecule has 0 bridgehead atoms. The first-order valence-electron chi connectivity index (χ1n) is 5.14. The summed E-state index contributed by atoms with van der Waals surface area (Å²) in [4.78, 5) is 4.07. The SMILES string of the molecule is Cc1csc(CC(O)COCC(F)(F)C(F)F)n1. The molecule has 0 aliphatic heterocycles. The number of thiazole rings is 1. The Morgan fingerprint density at radius 2 is 2.17 bits per heavy atom. The lowest BCUT2D eigenvalue weighted by atomic mass is 10.3. The van der Waals surface area contributed by atoms with E-state index in [1.807, 2.05) is 0 Å². The summed E-state index contributed by atoms with van der Waals surface area (Å²) in [6, 6.07) is 0. The van der Waals surface area contributed by atoms with E-state index in [-0.39, 0.29) is 6.42 Å². The van der Waals surface area contributed by atoms with Crippen molar-refractivity contribution < 1.29 is 27.4 Å². The van der Waals surface area contributed by atoms with Crippen LogP contribution in [0.2, 0.25) is 0 Å². The highest BCUT2D eigenvalue weighted by atomic mass is 32.1. The minimum atomic E-state index is -4.18. The van der Waals surface area contributed by atoms with E-state index in [1.165, 1.54) is 11.3 Å². The second-order valence-corrected chi connectivity index (χ2v) is 4.76. The first-order valence-corrected chi connectivity index (χ1v) is 6.02. The highest BCUT2D eigenvalue weighted by Crippen LogP contribution is 2.23. The Labute approximate surface area is 105 Å². The van der Waals surface area contributed by atoms with Crippen LogP contribution in [0.25, 0.3) is 0 Å². The van der Waals surface area contributed by atoms with E-state index in [2.05, 4.69) is 9.72 Å². The summed E-state index contributed by atoms with van der Waals surface area (Å²) in [7, 11) is 0. The van der Waals surface area contributed by atoms with Gasteiger partial charge in [-0.25, -0.2) is 13.8 Å². The van der Waals surface area contributed by atoms with Crippen LogP contribution >= 0.6 is 11.3 Å². The minimum Gasteiger partial charge on any atom is -0.390 e. The highest BCUT2D eigenvalue weighted by Gasteiger charge is 2.41. The monoisotopic (exact) mass is 287 g/mol. The number of aliphatic hydroxyl groups is 1.